The molecular formula is C12H21N3O2. The van der Waals surface area contributed by atoms with Crippen molar-refractivity contribution in [1.82, 2.24) is 15.0 Å². The van der Waals surface area contributed by atoms with Crippen LogP contribution in [0.5, 0.6) is 0 Å². The first kappa shape index (κ1) is 12.5. The maximum atomic E-state index is 9.70. The van der Waals surface area contributed by atoms with Crippen molar-refractivity contribution in [1.29, 1.82) is 0 Å². The summed E-state index contributed by atoms with van der Waals surface area (Å²) in [5, 5.41) is 13.7. The summed E-state index contributed by atoms with van der Waals surface area (Å²) < 4.78 is 5.11. The summed E-state index contributed by atoms with van der Waals surface area (Å²) in [6.45, 7) is 6.98. The monoisotopic (exact) mass is 239 g/mol. The molecule has 0 aliphatic carbocycles. The minimum absolute atomic E-state index is 0.173. The molecule has 0 radical (unpaired) electrons. The zero-order valence-corrected chi connectivity index (χ0v) is 10.8. The number of aliphatic hydroxyl groups excluding tert-OH is 1. The van der Waals surface area contributed by atoms with Crippen molar-refractivity contribution in [3.8, 4) is 0 Å². The standard InChI is InChI=1S/C12H21N3O2/c1-4-12-13-11(14-17-12)7-15-8(2)5-10(16)6-9(15)3/h8-10,16H,4-7H2,1-3H3/t8-,9+,10?. The van der Waals surface area contributed by atoms with Crippen LogP contribution in [0.25, 0.3) is 0 Å². The summed E-state index contributed by atoms with van der Waals surface area (Å²) in [7, 11) is 0. The quantitative estimate of drug-likeness (QED) is 0.863. The summed E-state index contributed by atoms with van der Waals surface area (Å²) in [5.41, 5.74) is 0. The van der Waals surface area contributed by atoms with Crippen molar-refractivity contribution in [2.75, 3.05) is 0 Å². The summed E-state index contributed by atoms with van der Waals surface area (Å²) in [6.07, 6.45) is 2.25. The average Bonchev–Trinajstić information content (AvgIpc) is 2.71. The lowest BCUT2D eigenvalue weighted by Gasteiger charge is -2.40. The predicted octanol–water partition coefficient (Wildman–Crippen LogP) is 1.37. The summed E-state index contributed by atoms with van der Waals surface area (Å²) in [4.78, 5) is 6.66. The van der Waals surface area contributed by atoms with E-state index in [9.17, 15) is 5.11 Å². The molecule has 17 heavy (non-hydrogen) atoms. The van der Waals surface area contributed by atoms with E-state index in [0.29, 0.717) is 24.5 Å². The van der Waals surface area contributed by atoms with Crippen LogP contribution >= 0.6 is 0 Å². The van der Waals surface area contributed by atoms with E-state index >= 15 is 0 Å². The number of likely N-dealkylation sites (tertiary alicyclic amines) is 1. The molecule has 2 heterocycles. The highest BCUT2D eigenvalue weighted by Gasteiger charge is 2.30. The molecule has 1 fully saturated rings. The lowest BCUT2D eigenvalue weighted by atomic mass is 9.95. The first-order chi connectivity index (χ1) is 8.10. The molecule has 0 aromatic carbocycles. The first-order valence-corrected chi connectivity index (χ1v) is 6.35. The minimum Gasteiger partial charge on any atom is -0.393 e. The SMILES string of the molecule is CCc1nc(CN2[C@H](C)CC(O)C[C@@H]2C)no1. The zero-order chi connectivity index (χ0) is 12.4. The van der Waals surface area contributed by atoms with E-state index in [1.165, 1.54) is 0 Å². The highest BCUT2D eigenvalue weighted by Crippen LogP contribution is 2.24. The maximum Gasteiger partial charge on any atom is 0.226 e. The van der Waals surface area contributed by atoms with E-state index in [1.54, 1.807) is 0 Å². The van der Waals surface area contributed by atoms with Crippen molar-refractivity contribution in [2.24, 2.45) is 0 Å². The Bertz CT molecular complexity index is 354. The molecule has 2 rings (SSSR count). The van der Waals surface area contributed by atoms with Crippen LogP contribution in [0.2, 0.25) is 0 Å². The third kappa shape index (κ3) is 2.84. The summed E-state index contributed by atoms with van der Waals surface area (Å²) >= 11 is 0. The molecule has 0 bridgehead atoms. The van der Waals surface area contributed by atoms with Crippen LogP contribution < -0.4 is 0 Å². The zero-order valence-electron chi connectivity index (χ0n) is 10.8. The topological polar surface area (TPSA) is 62.4 Å². The highest BCUT2D eigenvalue weighted by atomic mass is 16.5. The number of hydrogen-bond acceptors (Lipinski definition) is 5. The molecule has 1 aromatic rings. The van der Waals surface area contributed by atoms with E-state index in [2.05, 4.69) is 28.9 Å². The van der Waals surface area contributed by atoms with Crippen LogP contribution in [0, 0.1) is 0 Å². The van der Waals surface area contributed by atoms with Crippen molar-refractivity contribution in [2.45, 2.75) is 64.8 Å². The number of aryl methyl sites for hydroxylation is 1. The van der Waals surface area contributed by atoms with Gasteiger partial charge in [-0.2, -0.15) is 4.98 Å². The summed E-state index contributed by atoms with van der Waals surface area (Å²) in [6, 6.07) is 0.717. The van der Waals surface area contributed by atoms with Gasteiger partial charge in [-0.15, -0.1) is 0 Å². The van der Waals surface area contributed by atoms with Crippen LogP contribution in [0.1, 0.15) is 45.3 Å². The third-order valence-corrected chi connectivity index (χ3v) is 3.50. The molecule has 1 aliphatic rings. The third-order valence-electron chi connectivity index (χ3n) is 3.50. The van der Waals surface area contributed by atoms with Gasteiger partial charge in [-0.3, -0.25) is 4.90 Å². The van der Waals surface area contributed by atoms with Gasteiger partial charge in [0.05, 0.1) is 12.6 Å². The molecule has 3 atom stereocenters. The number of aromatic nitrogens is 2. The Balaban J connectivity index is 2.01. The van der Waals surface area contributed by atoms with E-state index in [0.717, 1.165) is 25.1 Å². The molecule has 1 aliphatic heterocycles. The van der Waals surface area contributed by atoms with Crippen LogP contribution in [-0.2, 0) is 13.0 Å². The van der Waals surface area contributed by atoms with Gasteiger partial charge >= 0.3 is 0 Å². The lowest BCUT2D eigenvalue weighted by Crippen LogP contribution is -2.47. The fourth-order valence-electron chi connectivity index (χ4n) is 2.56. The smallest absolute Gasteiger partial charge is 0.226 e. The normalized spacial score (nSPS) is 30.7. The highest BCUT2D eigenvalue weighted by molar-refractivity contribution is 4.91. The predicted molar refractivity (Wildman–Crippen MR) is 63.4 cm³/mol. The fraction of sp³-hybridized carbons (Fsp3) is 0.833. The molecule has 1 saturated heterocycles. The maximum absolute atomic E-state index is 9.70. The van der Waals surface area contributed by atoms with Crippen molar-refractivity contribution >= 4 is 0 Å². The second-order valence-corrected chi connectivity index (χ2v) is 4.95. The van der Waals surface area contributed by atoms with E-state index in [4.69, 9.17) is 4.52 Å². The average molecular weight is 239 g/mol. The van der Waals surface area contributed by atoms with Gasteiger partial charge in [-0.1, -0.05) is 12.1 Å². The lowest BCUT2D eigenvalue weighted by molar-refractivity contribution is 0.00695. The van der Waals surface area contributed by atoms with Crippen molar-refractivity contribution in [3.63, 3.8) is 0 Å². The molecule has 0 amide bonds. The summed E-state index contributed by atoms with van der Waals surface area (Å²) in [5.74, 6) is 1.44. The Morgan fingerprint density at radius 3 is 2.53 bits per heavy atom. The number of hydrogen-bond donors (Lipinski definition) is 1. The largest absolute Gasteiger partial charge is 0.393 e. The van der Waals surface area contributed by atoms with Crippen LogP contribution in [0.4, 0.5) is 0 Å². The Kier molecular flexibility index (Phi) is 3.79. The van der Waals surface area contributed by atoms with Gasteiger partial charge in [-0.25, -0.2) is 0 Å². The van der Waals surface area contributed by atoms with Gasteiger partial charge in [0.2, 0.25) is 5.89 Å². The van der Waals surface area contributed by atoms with Gasteiger partial charge in [0.15, 0.2) is 5.82 Å². The molecule has 96 valence electrons. The van der Waals surface area contributed by atoms with Crippen molar-refractivity contribution in [3.05, 3.63) is 11.7 Å². The van der Waals surface area contributed by atoms with Crippen molar-refractivity contribution < 1.29 is 9.63 Å². The van der Waals surface area contributed by atoms with Crippen LogP contribution in [-0.4, -0.2) is 38.3 Å². The molecule has 0 saturated carbocycles. The van der Waals surface area contributed by atoms with Gasteiger partial charge in [0.1, 0.15) is 0 Å². The van der Waals surface area contributed by atoms with Gasteiger partial charge in [0.25, 0.3) is 0 Å². The molecule has 1 N–H and O–H groups in total. The second kappa shape index (κ2) is 5.14. The Labute approximate surface area is 102 Å². The molecule has 5 heteroatoms. The van der Waals surface area contributed by atoms with Crippen LogP contribution in [0.3, 0.4) is 0 Å². The molecule has 0 spiro atoms. The minimum atomic E-state index is -0.173. The van der Waals surface area contributed by atoms with Gasteiger partial charge < -0.3 is 9.63 Å². The molecule has 5 nitrogen and oxygen atoms in total. The van der Waals surface area contributed by atoms with E-state index < -0.39 is 0 Å². The Morgan fingerprint density at radius 2 is 2.00 bits per heavy atom. The van der Waals surface area contributed by atoms with Crippen LogP contribution in [0.15, 0.2) is 4.52 Å². The van der Waals surface area contributed by atoms with E-state index in [-0.39, 0.29) is 6.10 Å². The first-order valence-electron chi connectivity index (χ1n) is 6.35. The Morgan fingerprint density at radius 1 is 1.35 bits per heavy atom. The Hall–Kier alpha value is -0.940. The second-order valence-electron chi connectivity index (χ2n) is 4.95. The molecule has 1 unspecified atom stereocenters. The van der Waals surface area contributed by atoms with Gasteiger partial charge in [-0.05, 0) is 26.7 Å². The number of piperidine rings is 1. The number of aliphatic hydroxyl groups is 1. The van der Waals surface area contributed by atoms with Gasteiger partial charge in [0, 0.05) is 18.5 Å². The molecular weight excluding hydrogens is 218 g/mol. The fourth-order valence-corrected chi connectivity index (χ4v) is 2.56. The van der Waals surface area contributed by atoms with E-state index in [1.807, 2.05) is 6.92 Å². The number of rotatable bonds is 3. The number of nitrogens with zero attached hydrogens (tertiary/aromatic N) is 3. The molecule has 1 aromatic heterocycles.